The van der Waals surface area contributed by atoms with Crippen LogP contribution in [-0.2, 0) is 21.7 Å². The molecule has 0 radical (unpaired) electrons. The van der Waals surface area contributed by atoms with Gasteiger partial charge in [-0.3, -0.25) is 4.57 Å². The minimum atomic E-state index is -0.0930. The van der Waals surface area contributed by atoms with Crippen LogP contribution in [0.4, 0.5) is 22.7 Å². The molecule has 0 N–H and O–H groups in total. The smallest absolute Gasteiger partial charge is 0.137 e. The first-order valence-corrected chi connectivity index (χ1v) is 26.2. The summed E-state index contributed by atoms with van der Waals surface area (Å²) in [6.07, 6.45) is 1.95. The molecule has 0 aliphatic carbocycles. The van der Waals surface area contributed by atoms with Crippen molar-refractivity contribution in [3.63, 3.8) is 0 Å². The van der Waals surface area contributed by atoms with Crippen LogP contribution < -0.4 is 14.5 Å². The first-order valence-electron chi connectivity index (χ1n) is 26.2. The number of para-hydroxylation sites is 2. The lowest BCUT2D eigenvalue weighted by Crippen LogP contribution is -2.25. The Balaban J connectivity index is 1.05. The van der Waals surface area contributed by atoms with Crippen molar-refractivity contribution in [3.8, 4) is 39.6 Å². The molecule has 0 saturated carbocycles. The zero-order valence-corrected chi connectivity index (χ0v) is 45.4. The summed E-state index contributed by atoms with van der Waals surface area (Å²) >= 11 is 0. The molecule has 1 aliphatic rings. The van der Waals surface area contributed by atoms with Crippen molar-refractivity contribution in [3.05, 3.63) is 180 Å². The summed E-state index contributed by atoms with van der Waals surface area (Å²) in [6.45, 7) is 32.9. The third-order valence-corrected chi connectivity index (χ3v) is 15.1. The highest BCUT2D eigenvalue weighted by molar-refractivity contribution is 6.25. The minimum absolute atomic E-state index is 0.0258. The standard InChI is InChI=1S/C67H71N5O/c1-42(2)71-56-28-21-29-57-61(56)62-58(71)39-51(40-59(62)72(57)60-37-45(30-31-68-60)64(3,4)5)73-50-25-20-24-49(38-50)69-41-70(55-27-19-18-26-54(55)69)63-52(43-22-16-15-17-23-43)35-48(67(12,13)14)36-53(63)44-32-46(65(6,7)8)34-47(33-44)66(9,10)11/h15-40,42H,41H2,1-14H3. The highest BCUT2D eigenvalue weighted by Crippen LogP contribution is 2.53. The van der Waals surface area contributed by atoms with E-state index in [9.17, 15) is 0 Å². The van der Waals surface area contributed by atoms with Crippen LogP contribution in [0.1, 0.15) is 125 Å². The van der Waals surface area contributed by atoms with E-state index in [1.54, 1.807) is 0 Å². The predicted octanol–water partition coefficient (Wildman–Crippen LogP) is 18.7. The molecule has 0 amide bonds. The second kappa shape index (κ2) is 17.2. The number of benzene rings is 7. The molecule has 6 heteroatoms. The Morgan fingerprint density at radius 1 is 0.452 bits per heavy atom. The Kier molecular flexibility index (Phi) is 11.3. The molecule has 0 atom stereocenters. The zero-order valence-electron chi connectivity index (χ0n) is 45.4. The number of nitrogens with zero attached hydrogens (tertiary/aromatic N) is 5. The van der Waals surface area contributed by atoms with E-state index >= 15 is 0 Å². The van der Waals surface area contributed by atoms with Gasteiger partial charge in [0.15, 0.2) is 0 Å². The molecule has 3 aromatic heterocycles. The Morgan fingerprint density at radius 2 is 1.01 bits per heavy atom. The number of pyridine rings is 1. The Bertz CT molecular complexity index is 3680. The molecule has 0 unspecified atom stereocenters. The van der Waals surface area contributed by atoms with Gasteiger partial charge in [0.2, 0.25) is 0 Å². The summed E-state index contributed by atoms with van der Waals surface area (Å²) in [4.78, 5) is 10.0. The van der Waals surface area contributed by atoms with Gasteiger partial charge < -0.3 is 19.1 Å². The van der Waals surface area contributed by atoms with Gasteiger partial charge in [-0.05, 0) is 130 Å². The van der Waals surface area contributed by atoms with E-state index in [1.165, 1.54) is 66.5 Å². The van der Waals surface area contributed by atoms with Crippen molar-refractivity contribution in [1.29, 1.82) is 0 Å². The highest BCUT2D eigenvalue weighted by atomic mass is 16.5. The van der Waals surface area contributed by atoms with Crippen molar-refractivity contribution >= 4 is 55.6 Å². The molecular weight excluding hydrogens is 891 g/mol. The van der Waals surface area contributed by atoms with Gasteiger partial charge >= 0.3 is 0 Å². The summed E-state index contributed by atoms with van der Waals surface area (Å²) < 4.78 is 11.9. The average Bonchev–Trinajstić information content (AvgIpc) is 4.01. The zero-order chi connectivity index (χ0) is 51.5. The number of ether oxygens (including phenoxy) is 1. The van der Waals surface area contributed by atoms with Crippen molar-refractivity contribution in [2.45, 2.75) is 125 Å². The maximum atomic E-state index is 7.08. The average molecular weight is 962 g/mol. The van der Waals surface area contributed by atoms with E-state index in [1.807, 2.05) is 6.20 Å². The number of hydrogen-bond acceptors (Lipinski definition) is 4. The molecule has 370 valence electrons. The number of aromatic nitrogens is 3. The van der Waals surface area contributed by atoms with Gasteiger partial charge in [0.05, 0.1) is 39.1 Å². The van der Waals surface area contributed by atoms with Crippen molar-refractivity contribution < 1.29 is 4.74 Å². The molecule has 10 aromatic rings. The van der Waals surface area contributed by atoms with Crippen LogP contribution in [0.15, 0.2) is 158 Å². The van der Waals surface area contributed by atoms with E-state index in [2.05, 4.69) is 268 Å². The lowest BCUT2D eigenvalue weighted by Gasteiger charge is -2.31. The van der Waals surface area contributed by atoms with Crippen LogP contribution in [0.3, 0.4) is 0 Å². The van der Waals surface area contributed by atoms with E-state index in [0.29, 0.717) is 6.67 Å². The fraction of sp³-hybridized carbons (Fsp3) is 0.299. The Hall–Kier alpha value is -7.31. The van der Waals surface area contributed by atoms with Gasteiger partial charge in [0, 0.05) is 58.0 Å². The molecule has 11 rings (SSSR count). The molecule has 4 heterocycles. The molecule has 0 saturated heterocycles. The maximum Gasteiger partial charge on any atom is 0.137 e. The highest BCUT2D eigenvalue weighted by Gasteiger charge is 2.34. The second-order valence-electron chi connectivity index (χ2n) is 24.9. The molecule has 0 fully saturated rings. The van der Waals surface area contributed by atoms with Gasteiger partial charge in [0.25, 0.3) is 0 Å². The van der Waals surface area contributed by atoms with Gasteiger partial charge in [-0.25, -0.2) is 4.98 Å². The van der Waals surface area contributed by atoms with Crippen molar-refractivity contribution in [1.82, 2.24) is 14.1 Å². The quantitative estimate of drug-likeness (QED) is 0.152. The van der Waals surface area contributed by atoms with E-state index in [0.717, 1.165) is 50.9 Å². The molecule has 0 spiro atoms. The fourth-order valence-corrected chi connectivity index (χ4v) is 11.1. The second-order valence-corrected chi connectivity index (χ2v) is 24.9. The lowest BCUT2D eigenvalue weighted by molar-refractivity contribution is 0.483. The molecule has 73 heavy (non-hydrogen) atoms. The largest absolute Gasteiger partial charge is 0.457 e. The topological polar surface area (TPSA) is 38.5 Å². The van der Waals surface area contributed by atoms with Crippen LogP contribution in [0.5, 0.6) is 11.5 Å². The molecular formula is C67H71N5O. The van der Waals surface area contributed by atoms with Crippen LogP contribution in [0.25, 0.3) is 60.9 Å². The van der Waals surface area contributed by atoms with Crippen molar-refractivity contribution in [2.75, 3.05) is 16.5 Å². The summed E-state index contributed by atoms with van der Waals surface area (Å²) in [5, 5.41) is 2.50. The molecule has 0 bridgehead atoms. The third kappa shape index (κ3) is 8.43. The number of anilines is 4. The summed E-state index contributed by atoms with van der Waals surface area (Å²) in [5.41, 5.74) is 19.1. The van der Waals surface area contributed by atoms with Gasteiger partial charge in [-0.1, -0.05) is 156 Å². The van der Waals surface area contributed by atoms with Crippen LogP contribution in [0.2, 0.25) is 0 Å². The van der Waals surface area contributed by atoms with Gasteiger partial charge in [0.1, 0.15) is 24.0 Å². The van der Waals surface area contributed by atoms with E-state index < -0.39 is 0 Å². The van der Waals surface area contributed by atoms with E-state index in [-0.39, 0.29) is 27.7 Å². The van der Waals surface area contributed by atoms with Crippen LogP contribution >= 0.6 is 0 Å². The summed E-state index contributed by atoms with van der Waals surface area (Å²) in [5.74, 6) is 2.47. The Morgan fingerprint density at radius 3 is 1.66 bits per heavy atom. The maximum absolute atomic E-state index is 7.08. The first-order chi connectivity index (χ1) is 34.5. The summed E-state index contributed by atoms with van der Waals surface area (Å²) in [7, 11) is 0. The monoisotopic (exact) mass is 962 g/mol. The summed E-state index contributed by atoms with van der Waals surface area (Å²) in [6, 6.07) is 56.5. The molecule has 1 aliphatic heterocycles. The Labute approximate surface area is 433 Å². The van der Waals surface area contributed by atoms with Crippen LogP contribution in [-0.4, -0.2) is 20.8 Å². The predicted molar refractivity (Wildman–Crippen MR) is 310 cm³/mol. The van der Waals surface area contributed by atoms with E-state index in [4.69, 9.17) is 9.72 Å². The minimum Gasteiger partial charge on any atom is -0.457 e. The normalized spacial score (nSPS) is 13.6. The molecule has 7 aromatic carbocycles. The lowest BCUT2D eigenvalue weighted by atomic mass is 9.77. The van der Waals surface area contributed by atoms with Gasteiger partial charge in [-0.15, -0.1) is 0 Å². The number of hydrogen-bond donors (Lipinski definition) is 0. The fourth-order valence-electron chi connectivity index (χ4n) is 11.1. The van der Waals surface area contributed by atoms with Gasteiger partial charge in [-0.2, -0.15) is 0 Å². The SMILES string of the molecule is CC(C)n1c2cccc3c2c2c(cc(Oc4cccc(N5CN(c6c(-c7ccccc7)cc(C(C)(C)C)cc6-c6cc(C(C)(C)C)cc(C(C)(C)C)c6)c6ccccc65)c4)cc21)n3-c1cc(C(C)(C)C)ccn1. The number of rotatable bonds is 8. The van der Waals surface area contributed by atoms with Crippen LogP contribution in [0, 0.1) is 0 Å². The molecule has 6 nitrogen and oxygen atoms in total. The van der Waals surface area contributed by atoms with Crippen molar-refractivity contribution in [2.24, 2.45) is 0 Å². The first kappa shape index (κ1) is 48.0. The number of fused-ring (bicyclic) bond motifs is 1. The third-order valence-electron chi connectivity index (χ3n) is 15.1.